The lowest BCUT2D eigenvalue weighted by Gasteiger charge is -2.22. The number of carbonyl (C=O) groups is 4. The monoisotopic (exact) mass is 736 g/mol. The van der Waals surface area contributed by atoms with E-state index in [0.29, 0.717) is 25.7 Å². The second kappa shape index (κ2) is 23.0. The fraction of sp³-hybridized carbons (Fsp3) is 0.619. The summed E-state index contributed by atoms with van der Waals surface area (Å²) in [5.41, 5.74) is 4.93. The van der Waals surface area contributed by atoms with Crippen molar-refractivity contribution >= 4 is 23.6 Å². The maximum absolute atomic E-state index is 12.3. The van der Waals surface area contributed by atoms with Gasteiger partial charge in [0.1, 0.15) is 18.1 Å². The van der Waals surface area contributed by atoms with Gasteiger partial charge in [-0.25, -0.2) is 0 Å². The molecule has 53 heavy (non-hydrogen) atoms. The van der Waals surface area contributed by atoms with Crippen molar-refractivity contribution in [2.24, 2.45) is 0 Å². The van der Waals surface area contributed by atoms with E-state index in [1.165, 1.54) is 22.3 Å². The number of methoxy groups -OCH3 is 2. The number of aliphatic carboxylic acids is 1. The third-order valence-electron chi connectivity index (χ3n) is 10.2. The van der Waals surface area contributed by atoms with Crippen LogP contribution in [0.2, 0.25) is 0 Å². The van der Waals surface area contributed by atoms with Crippen molar-refractivity contribution in [1.82, 2.24) is 10.6 Å². The number of hydrogen-bond acceptors (Lipinski definition) is 8. The molecule has 0 aromatic heterocycles. The maximum Gasteiger partial charge on any atom is 0.303 e. The standard InChI is InChI=1S/C24H35NO5.C18H25NO4/c1-28-20-12-13-21-18(16-20)11-14-22(21)25-23(27)9-5-3-2-4-8-19(26)17-30-24-10-6-7-15-29-24;1-23-14-9-10-15-13(12-14)8-11-16(15)19-17(20)6-4-2-3-5-7-18(21)22/h12-13,16,22,24H,2-11,14-15,17H2,1H3,(H,25,27);9-10,12,16H,2-8,11H2,1H3,(H,19,20)(H,21,22). The number of nitrogens with one attached hydrogen (secondary N) is 2. The highest BCUT2D eigenvalue weighted by molar-refractivity contribution is 5.79. The molecule has 1 saturated heterocycles. The van der Waals surface area contributed by atoms with Gasteiger partial charge in [-0.1, -0.05) is 37.8 Å². The SMILES string of the molecule is COc1ccc2c(c1)CCC2NC(=O)CCCCCCC(=O)COC1CCCCO1.COc1ccc2c(c1)CCC2NC(=O)CCCCCCC(=O)O. The van der Waals surface area contributed by atoms with Crippen molar-refractivity contribution < 1.29 is 43.2 Å². The van der Waals surface area contributed by atoms with Crippen LogP contribution in [0.25, 0.3) is 0 Å². The molecule has 5 rings (SSSR count). The molecule has 3 atom stereocenters. The minimum absolute atomic E-state index is 0.0805. The molecule has 2 aliphatic carbocycles. The second-order valence-electron chi connectivity index (χ2n) is 14.3. The van der Waals surface area contributed by atoms with Gasteiger partial charge in [0.2, 0.25) is 11.8 Å². The number of benzene rings is 2. The first-order chi connectivity index (χ1) is 25.7. The molecule has 11 nitrogen and oxygen atoms in total. The minimum atomic E-state index is -0.751. The third kappa shape index (κ3) is 14.8. The number of aryl methyl sites for hydroxylation is 2. The number of ketones is 1. The number of carboxylic acid groups (broad SMARTS) is 1. The summed E-state index contributed by atoms with van der Waals surface area (Å²) in [6.45, 7) is 0.885. The molecule has 2 aromatic carbocycles. The lowest BCUT2D eigenvalue weighted by molar-refractivity contribution is -0.169. The van der Waals surface area contributed by atoms with Gasteiger partial charge in [0.15, 0.2) is 12.1 Å². The number of fused-ring (bicyclic) bond motifs is 2. The Morgan fingerprint density at radius 1 is 0.679 bits per heavy atom. The normalized spacial score (nSPS) is 18.6. The van der Waals surface area contributed by atoms with Gasteiger partial charge in [-0.2, -0.15) is 0 Å². The number of Topliss-reactive ketones (excluding diaryl/α,β-unsaturated/α-hetero) is 1. The van der Waals surface area contributed by atoms with Crippen LogP contribution in [0.3, 0.4) is 0 Å². The molecule has 1 heterocycles. The van der Waals surface area contributed by atoms with Gasteiger partial charge in [-0.3, -0.25) is 19.2 Å². The first-order valence-electron chi connectivity index (χ1n) is 19.6. The number of carboxylic acids is 1. The number of unbranched alkanes of at least 4 members (excludes halogenated alkanes) is 6. The Morgan fingerprint density at radius 3 is 1.66 bits per heavy atom. The molecule has 292 valence electrons. The van der Waals surface area contributed by atoms with Gasteiger partial charge in [0.25, 0.3) is 0 Å². The van der Waals surface area contributed by atoms with Crippen LogP contribution < -0.4 is 20.1 Å². The number of carbonyl (C=O) groups excluding carboxylic acids is 3. The smallest absolute Gasteiger partial charge is 0.303 e. The van der Waals surface area contributed by atoms with Crippen LogP contribution in [0.5, 0.6) is 11.5 Å². The Balaban J connectivity index is 0.000000245. The second-order valence-corrected chi connectivity index (χ2v) is 14.3. The van der Waals surface area contributed by atoms with Crippen LogP contribution in [0, 0.1) is 0 Å². The van der Waals surface area contributed by atoms with Gasteiger partial charge in [0.05, 0.1) is 26.3 Å². The first-order valence-corrected chi connectivity index (χ1v) is 19.6. The molecule has 3 aliphatic rings. The summed E-state index contributed by atoms with van der Waals surface area (Å²) in [7, 11) is 3.33. The molecule has 2 amide bonds. The number of rotatable bonds is 21. The van der Waals surface area contributed by atoms with E-state index < -0.39 is 5.97 Å². The number of amides is 2. The number of ether oxygens (including phenoxy) is 4. The van der Waals surface area contributed by atoms with E-state index in [1.807, 2.05) is 24.3 Å². The molecule has 0 spiro atoms. The fourth-order valence-electron chi connectivity index (χ4n) is 7.25. The molecule has 0 bridgehead atoms. The summed E-state index contributed by atoms with van der Waals surface area (Å²) in [6.07, 6.45) is 15.4. The highest BCUT2D eigenvalue weighted by Gasteiger charge is 2.25. The quantitative estimate of drug-likeness (QED) is 0.111. The van der Waals surface area contributed by atoms with Crippen molar-refractivity contribution in [3.05, 3.63) is 58.7 Å². The summed E-state index contributed by atoms with van der Waals surface area (Å²) in [4.78, 5) is 46.6. The van der Waals surface area contributed by atoms with Crippen LogP contribution in [-0.2, 0) is 41.5 Å². The third-order valence-corrected chi connectivity index (χ3v) is 10.2. The van der Waals surface area contributed by atoms with Crippen LogP contribution in [0.1, 0.15) is 143 Å². The molecule has 3 N–H and O–H groups in total. The molecule has 1 fully saturated rings. The Morgan fingerprint density at radius 2 is 1.19 bits per heavy atom. The van der Waals surface area contributed by atoms with Gasteiger partial charge >= 0.3 is 5.97 Å². The average molecular weight is 737 g/mol. The highest BCUT2D eigenvalue weighted by Crippen LogP contribution is 2.34. The van der Waals surface area contributed by atoms with Crippen molar-refractivity contribution in [2.75, 3.05) is 27.4 Å². The average Bonchev–Trinajstić information content (AvgIpc) is 3.76. The molecular weight excluding hydrogens is 676 g/mol. The molecule has 11 heteroatoms. The Bertz CT molecular complexity index is 1470. The van der Waals surface area contributed by atoms with Gasteiger partial charge in [-0.15, -0.1) is 0 Å². The summed E-state index contributed by atoms with van der Waals surface area (Å²) in [5.74, 6) is 1.31. The summed E-state index contributed by atoms with van der Waals surface area (Å²) < 4.78 is 21.5. The Hall–Kier alpha value is -3.96. The van der Waals surface area contributed by atoms with E-state index in [2.05, 4.69) is 22.8 Å². The van der Waals surface area contributed by atoms with E-state index in [-0.39, 0.29) is 49.0 Å². The molecule has 3 unspecified atom stereocenters. The van der Waals surface area contributed by atoms with Crippen LogP contribution in [-0.4, -0.2) is 62.4 Å². The van der Waals surface area contributed by atoms with E-state index in [4.69, 9.17) is 24.1 Å². The lowest BCUT2D eigenvalue weighted by Crippen LogP contribution is -2.26. The zero-order valence-electron chi connectivity index (χ0n) is 31.8. The van der Waals surface area contributed by atoms with Crippen LogP contribution in [0.15, 0.2) is 36.4 Å². The minimum Gasteiger partial charge on any atom is -0.497 e. The molecular formula is C42H60N2O9. The van der Waals surface area contributed by atoms with Crippen LogP contribution >= 0.6 is 0 Å². The van der Waals surface area contributed by atoms with E-state index >= 15 is 0 Å². The summed E-state index contributed by atoms with van der Waals surface area (Å²) in [5, 5.41) is 14.8. The predicted molar refractivity (Wildman–Crippen MR) is 202 cm³/mol. The van der Waals surface area contributed by atoms with E-state index in [0.717, 1.165) is 108 Å². The van der Waals surface area contributed by atoms with Crippen molar-refractivity contribution in [3.8, 4) is 11.5 Å². The Labute approximate surface area is 314 Å². The zero-order chi connectivity index (χ0) is 37.8. The van der Waals surface area contributed by atoms with E-state index in [1.54, 1.807) is 14.2 Å². The number of hydrogen-bond donors (Lipinski definition) is 3. The largest absolute Gasteiger partial charge is 0.497 e. The fourth-order valence-corrected chi connectivity index (χ4v) is 7.25. The topological polar surface area (TPSA) is 149 Å². The zero-order valence-corrected chi connectivity index (χ0v) is 31.8. The first kappa shape index (κ1) is 41.8. The Kier molecular flexibility index (Phi) is 18.1. The molecule has 0 saturated carbocycles. The predicted octanol–water partition coefficient (Wildman–Crippen LogP) is 7.48. The molecule has 0 radical (unpaired) electrons. The summed E-state index contributed by atoms with van der Waals surface area (Å²) >= 11 is 0. The van der Waals surface area contributed by atoms with E-state index in [9.17, 15) is 19.2 Å². The molecule has 2 aromatic rings. The van der Waals surface area contributed by atoms with Crippen molar-refractivity contribution in [1.29, 1.82) is 0 Å². The summed E-state index contributed by atoms with van der Waals surface area (Å²) in [6, 6.07) is 12.3. The molecule has 1 aliphatic heterocycles. The van der Waals surface area contributed by atoms with Crippen molar-refractivity contribution in [2.45, 2.75) is 140 Å². The van der Waals surface area contributed by atoms with Gasteiger partial charge in [0, 0.05) is 32.3 Å². The maximum atomic E-state index is 12.3. The van der Waals surface area contributed by atoms with Crippen LogP contribution in [0.4, 0.5) is 0 Å². The van der Waals surface area contributed by atoms with Gasteiger partial charge in [-0.05, 0) is 117 Å². The lowest BCUT2D eigenvalue weighted by atomic mass is 10.1. The van der Waals surface area contributed by atoms with Crippen molar-refractivity contribution in [3.63, 3.8) is 0 Å². The van der Waals surface area contributed by atoms with Gasteiger partial charge < -0.3 is 34.7 Å². The highest BCUT2D eigenvalue weighted by atomic mass is 16.7.